The average Bonchev–Trinajstić information content (AvgIpc) is 3.21. The molecule has 1 N–H and O–H groups in total. The van der Waals surface area contributed by atoms with E-state index in [2.05, 4.69) is 41.1 Å². The number of anilines is 1. The van der Waals surface area contributed by atoms with Crippen molar-refractivity contribution in [3.05, 3.63) is 87.8 Å². The number of rotatable bonds is 6. The van der Waals surface area contributed by atoms with Crippen molar-refractivity contribution in [2.24, 2.45) is 0 Å². The molecule has 164 valence electrons. The van der Waals surface area contributed by atoms with Crippen LogP contribution in [0.1, 0.15) is 42.3 Å². The summed E-state index contributed by atoms with van der Waals surface area (Å²) in [6, 6.07) is 16.8. The highest BCUT2D eigenvalue weighted by molar-refractivity contribution is 6.32. The van der Waals surface area contributed by atoms with Crippen molar-refractivity contribution in [3.8, 4) is 5.69 Å². The molecule has 1 aromatic heterocycles. The van der Waals surface area contributed by atoms with E-state index in [0.29, 0.717) is 10.7 Å². The number of nitrogens with zero attached hydrogens (tertiary/aromatic N) is 2. The molecule has 1 aliphatic heterocycles. The molecular weight excluding hydrogens is 422 g/mol. The average molecular weight is 448 g/mol. The minimum absolute atomic E-state index is 0.241. The zero-order valence-corrected chi connectivity index (χ0v) is 19.2. The Morgan fingerprint density at radius 3 is 2.44 bits per heavy atom. The van der Waals surface area contributed by atoms with Crippen molar-refractivity contribution in [1.82, 2.24) is 9.88 Å². The van der Waals surface area contributed by atoms with Crippen LogP contribution in [0.3, 0.4) is 0 Å². The Labute approximate surface area is 193 Å². The topological polar surface area (TPSA) is 54.3 Å². The highest BCUT2D eigenvalue weighted by Gasteiger charge is 2.35. The van der Waals surface area contributed by atoms with E-state index in [1.807, 2.05) is 19.9 Å². The monoisotopic (exact) mass is 447 g/mol. The number of carbonyl (C=O) groups excluding carboxylic acids is 2. The Balaban J connectivity index is 1.63. The normalized spacial score (nSPS) is 15.0. The number of imide groups is 1. The second-order valence-corrected chi connectivity index (χ2v) is 8.48. The molecule has 0 spiro atoms. The summed E-state index contributed by atoms with van der Waals surface area (Å²) in [6.45, 7) is 6.25. The molecule has 5 nitrogen and oxygen atoms in total. The molecule has 0 atom stereocenters. The summed E-state index contributed by atoms with van der Waals surface area (Å²) in [5.74, 6) is -0.401. The number of hydrogen-bond acceptors (Lipinski definition) is 2. The van der Waals surface area contributed by atoms with Gasteiger partial charge in [-0.2, -0.15) is 0 Å². The van der Waals surface area contributed by atoms with Crippen LogP contribution in [0.4, 0.5) is 10.5 Å². The van der Waals surface area contributed by atoms with E-state index in [1.165, 1.54) is 18.4 Å². The van der Waals surface area contributed by atoms with Crippen LogP contribution in [0.25, 0.3) is 11.8 Å². The van der Waals surface area contributed by atoms with E-state index in [1.54, 1.807) is 30.3 Å². The maximum absolute atomic E-state index is 13.0. The van der Waals surface area contributed by atoms with Crippen molar-refractivity contribution < 1.29 is 9.59 Å². The van der Waals surface area contributed by atoms with Gasteiger partial charge in [0.15, 0.2) is 0 Å². The first-order valence-electron chi connectivity index (χ1n) is 10.8. The molecule has 1 aliphatic rings. The number of aryl methyl sites for hydroxylation is 2. The fourth-order valence-electron chi connectivity index (χ4n) is 4.06. The van der Waals surface area contributed by atoms with Gasteiger partial charge in [0, 0.05) is 22.1 Å². The molecule has 6 heteroatoms. The molecule has 0 radical (unpaired) electrons. The molecule has 32 heavy (non-hydrogen) atoms. The van der Waals surface area contributed by atoms with Crippen molar-refractivity contribution in [2.75, 3.05) is 4.90 Å². The van der Waals surface area contributed by atoms with Gasteiger partial charge in [-0.1, -0.05) is 43.1 Å². The number of carbonyl (C=O) groups is 2. The lowest BCUT2D eigenvalue weighted by molar-refractivity contribution is -0.113. The number of unbranched alkanes of at least 4 members (excludes halogenated alkanes) is 1. The Hall–Kier alpha value is -3.31. The number of aromatic nitrogens is 1. The number of benzene rings is 2. The lowest BCUT2D eigenvalue weighted by Crippen LogP contribution is -2.30. The standard InChI is InChI=1S/C26H26ClN3O2/c1-4-5-7-19-10-12-22(13-11-19)29-17(2)14-20(18(29)3)15-24-25(31)30(26(32)28-24)23-9-6-8-21(27)16-23/h6,8-16H,4-5,7H2,1-3H3,(H,28,32). The molecule has 4 rings (SSSR count). The second-order valence-electron chi connectivity index (χ2n) is 8.04. The number of nitrogens with one attached hydrogen (secondary N) is 1. The fraction of sp³-hybridized carbons (Fsp3) is 0.231. The van der Waals surface area contributed by atoms with Crippen molar-refractivity contribution >= 4 is 35.3 Å². The first kappa shape index (κ1) is 21.9. The van der Waals surface area contributed by atoms with E-state index in [-0.39, 0.29) is 5.70 Å². The van der Waals surface area contributed by atoms with E-state index in [4.69, 9.17) is 11.6 Å². The number of halogens is 1. The molecule has 1 fully saturated rings. The van der Waals surface area contributed by atoms with Crippen molar-refractivity contribution in [3.63, 3.8) is 0 Å². The van der Waals surface area contributed by atoms with Gasteiger partial charge in [-0.3, -0.25) is 4.79 Å². The lowest BCUT2D eigenvalue weighted by Gasteiger charge is -2.11. The maximum Gasteiger partial charge on any atom is 0.333 e. The number of hydrogen-bond donors (Lipinski definition) is 1. The van der Waals surface area contributed by atoms with Crippen LogP contribution in [-0.4, -0.2) is 16.5 Å². The van der Waals surface area contributed by atoms with Gasteiger partial charge in [-0.05, 0) is 80.3 Å². The zero-order valence-electron chi connectivity index (χ0n) is 18.5. The SMILES string of the molecule is CCCCc1ccc(-n2c(C)cc(C=C3NC(=O)N(c4cccc(Cl)c4)C3=O)c2C)cc1. The Morgan fingerprint density at radius 1 is 1.00 bits per heavy atom. The lowest BCUT2D eigenvalue weighted by atomic mass is 10.1. The van der Waals surface area contributed by atoms with Gasteiger partial charge in [0.2, 0.25) is 0 Å². The molecule has 0 unspecified atom stereocenters. The molecular formula is C26H26ClN3O2. The highest BCUT2D eigenvalue weighted by Crippen LogP contribution is 2.27. The molecule has 0 saturated carbocycles. The van der Waals surface area contributed by atoms with Crippen LogP contribution in [0.5, 0.6) is 0 Å². The van der Waals surface area contributed by atoms with Crippen LogP contribution >= 0.6 is 11.6 Å². The third-order valence-electron chi connectivity index (χ3n) is 5.73. The van der Waals surface area contributed by atoms with Crippen LogP contribution in [0.15, 0.2) is 60.3 Å². The number of urea groups is 1. The van der Waals surface area contributed by atoms with Gasteiger partial charge < -0.3 is 9.88 Å². The third-order valence-corrected chi connectivity index (χ3v) is 5.96. The highest BCUT2D eigenvalue weighted by atomic mass is 35.5. The summed E-state index contributed by atoms with van der Waals surface area (Å²) in [5, 5.41) is 3.15. The first-order valence-corrected chi connectivity index (χ1v) is 11.2. The summed E-state index contributed by atoms with van der Waals surface area (Å²) in [4.78, 5) is 26.5. The summed E-state index contributed by atoms with van der Waals surface area (Å²) in [5.41, 5.74) is 6.03. The van der Waals surface area contributed by atoms with Crippen LogP contribution in [-0.2, 0) is 11.2 Å². The Kier molecular flexibility index (Phi) is 6.19. The maximum atomic E-state index is 13.0. The molecule has 3 aromatic rings. The Bertz CT molecular complexity index is 1210. The third kappa shape index (κ3) is 4.21. The number of amides is 3. The van der Waals surface area contributed by atoms with Gasteiger partial charge in [0.25, 0.3) is 5.91 Å². The van der Waals surface area contributed by atoms with Gasteiger partial charge in [0.05, 0.1) is 5.69 Å². The molecule has 0 bridgehead atoms. The quantitative estimate of drug-likeness (QED) is 0.362. The van der Waals surface area contributed by atoms with Gasteiger partial charge in [-0.15, -0.1) is 0 Å². The predicted octanol–water partition coefficient (Wildman–Crippen LogP) is 6.19. The summed E-state index contributed by atoms with van der Waals surface area (Å²) in [6.07, 6.45) is 5.19. The van der Waals surface area contributed by atoms with E-state index in [0.717, 1.165) is 34.0 Å². The minimum atomic E-state index is -0.486. The molecule has 0 aliphatic carbocycles. The van der Waals surface area contributed by atoms with Crippen LogP contribution in [0.2, 0.25) is 5.02 Å². The van der Waals surface area contributed by atoms with E-state index in [9.17, 15) is 9.59 Å². The Morgan fingerprint density at radius 2 is 1.75 bits per heavy atom. The van der Waals surface area contributed by atoms with Crippen LogP contribution in [0, 0.1) is 13.8 Å². The smallest absolute Gasteiger partial charge is 0.318 e. The van der Waals surface area contributed by atoms with Gasteiger partial charge in [0.1, 0.15) is 5.70 Å². The predicted molar refractivity (Wildman–Crippen MR) is 129 cm³/mol. The summed E-state index contributed by atoms with van der Waals surface area (Å²) < 4.78 is 2.16. The molecule has 2 aromatic carbocycles. The minimum Gasteiger partial charge on any atom is -0.318 e. The summed E-state index contributed by atoms with van der Waals surface area (Å²) in [7, 11) is 0. The molecule has 2 heterocycles. The van der Waals surface area contributed by atoms with Gasteiger partial charge >= 0.3 is 6.03 Å². The van der Waals surface area contributed by atoms with Crippen molar-refractivity contribution in [2.45, 2.75) is 40.0 Å². The largest absolute Gasteiger partial charge is 0.333 e. The summed E-state index contributed by atoms with van der Waals surface area (Å²) >= 11 is 6.03. The fourth-order valence-corrected chi connectivity index (χ4v) is 4.25. The van der Waals surface area contributed by atoms with Gasteiger partial charge in [-0.25, -0.2) is 9.69 Å². The zero-order chi connectivity index (χ0) is 22.8. The van der Waals surface area contributed by atoms with E-state index >= 15 is 0 Å². The van der Waals surface area contributed by atoms with Crippen LogP contribution < -0.4 is 10.2 Å². The first-order chi connectivity index (χ1) is 15.4. The molecule has 3 amide bonds. The second kappa shape index (κ2) is 9.05. The van der Waals surface area contributed by atoms with Crippen molar-refractivity contribution in [1.29, 1.82) is 0 Å². The van der Waals surface area contributed by atoms with E-state index < -0.39 is 11.9 Å². The molecule has 1 saturated heterocycles.